The van der Waals surface area contributed by atoms with E-state index in [0.717, 1.165) is 5.75 Å². The van der Waals surface area contributed by atoms with E-state index in [1.807, 2.05) is 0 Å². The Bertz CT molecular complexity index is 298. The molecule has 1 aromatic rings. The van der Waals surface area contributed by atoms with E-state index in [0.29, 0.717) is 0 Å². The molecule has 0 radical (unpaired) electrons. The standard InChI is InChI=1S/C12H17NS/c14-10-4-3-8-13-9-7-11-5-1-2-6-12(11)13/h1-2,5-6,14H,3-4,7-10H2. The minimum Gasteiger partial charge on any atom is -0.371 e. The molecule has 1 aliphatic rings. The zero-order valence-electron chi connectivity index (χ0n) is 8.45. The van der Waals surface area contributed by atoms with Crippen molar-refractivity contribution in [1.29, 1.82) is 0 Å². The van der Waals surface area contributed by atoms with Crippen LogP contribution in [-0.2, 0) is 6.42 Å². The minimum absolute atomic E-state index is 1.01. The molecule has 0 bridgehead atoms. The molecule has 0 N–H and O–H groups in total. The number of unbranched alkanes of at least 4 members (excludes halogenated alkanes) is 1. The highest BCUT2D eigenvalue weighted by molar-refractivity contribution is 7.80. The third-order valence-corrected chi connectivity index (χ3v) is 3.14. The SMILES string of the molecule is SCCCCN1CCc2ccccc21. The van der Waals surface area contributed by atoms with Gasteiger partial charge in [-0.25, -0.2) is 0 Å². The van der Waals surface area contributed by atoms with Crippen molar-refractivity contribution < 1.29 is 0 Å². The summed E-state index contributed by atoms with van der Waals surface area (Å²) in [7, 11) is 0. The number of hydrogen-bond acceptors (Lipinski definition) is 2. The van der Waals surface area contributed by atoms with Crippen LogP contribution in [0.3, 0.4) is 0 Å². The Kier molecular flexibility index (Phi) is 3.35. The minimum atomic E-state index is 1.01. The van der Waals surface area contributed by atoms with E-state index in [1.54, 1.807) is 0 Å². The van der Waals surface area contributed by atoms with E-state index in [9.17, 15) is 0 Å². The molecule has 0 saturated heterocycles. The third-order valence-electron chi connectivity index (χ3n) is 2.82. The Balaban J connectivity index is 1.96. The third kappa shape index (κ3) is 2.06. The fourth-order valence-electron chi connectivity index (χ4n) is 2.05. The lowest BCUT2D eigenvalue weighted by Gasteiger charge is -2.18. The van der Waals surface area contributed by atoms with E-state index >= 15 is 0 Å². The molecular weight excluding hydrogens is 190 g/mol. The zero-order valence-corrected chi connectivity index (χ0v) is 9.34. The first-order valence-electron chi connectivity index (χ1n) is 5.35. The van der Waals surface area contributed by atoms with Crippen LogP contribution in [0.1, 0.15) is 18.4 Å². The lowest BCUT2D eigenvalue weighted by Crippen LogP contribution is -2.21. The van der Waals surface area contributed by atoms with Crippen LogP contribution < -0.4 is 4.90 Å². The van der Waals surface area contributed by atoms with E-state index in [1.165, 1.54) is 43.6 Å². The number of hydrogen-bond donors (Lipinski definition) is 1. The smallest absolute Gasteiger partial charge is 0.0399 e. The molecule has 1 nitrogen and oxygen atoms in total. The number of benzene rings is 1. The van der Waals surface area contributed by atoms with Gasteiger partial charge in [-0.2, -0.15) is 12.6 Å². The van der Waals surface area contributed by atoms with Crippen molar-refractivity contribution in [3.8, 4) is 0 Å². The van der Waals surface area contributed by atoms with E-state index < -0.39 is 0 Å². The first kappa shape index (κ1) is 9.91. The Morgan fingerprint density at radius 2 is 2.07 bits per heavy atom. The lowest BCUT2D eigenvalue weighted by atomic mass is 10.2. The summed E-state index contributed by atoms with van der Waals surface area (Å²) in [6.45, 7) is 2.39. The number of rotatable bonds is 4. The summed E-state index contributed by atoms with van der Waals surface area (Å²) in [5, 5.41) is 0. The van der Waals surface area contributed by atoms with E-state index in [4.69, 9.17) is 0 Å². The van der Waals surface area contributed by atoms with Crippen LogP contribution >= 0.6 is 12.6 Å². The van der Waals surface area contributed by atoms with Gasteiger partial charge in [-0.05, 0) is 36.6 Å². The van der Waals surface area contributed by atoms with Gasteiger partial charge in [0.15, 0.2) is 0 Å². The van der Waals surface area contributed by atoms with Gasteiger partial charge in [0.1, 0.15) is 0 Å². The maximum atomic E-state index is 4.23. The predicted molar refractivity (Wildman–Crippen MR) is 65.4 cm³/mol. The molecular formula is C12H17NS. The second-order valence-electron chi connectivity index (χ2n) is 3.80. The van der Waals surface area contributed by atoms with Crippen LogP contribution in [0.2, 0.25) is 0 Å². The van der Waals surface area contributed by atoms with Crippen LogP contribution in [0.5, 0.6) is 0 Å². The molecule has 2 heteroatoms. The molecule has 0 spiro atoms. The van der Waals surface area contributed by atoms with Crippen molar-refractivity contribution in [2.45, 2.75) is 19.3 Å². The molecule has 0 unspecified atom stereocenters. The quantitative estimate of drug-likeness (QED) is 0.587. The largest absolute Gasteiger partial charge is 0.371 e. The second kappa shape index (κ2) is 4.74. The molecule has 1 aromatic carbocycles. The molecule has 1 aliphatic heterocycles. The number of para-hydroxylation sites is 1. The highest BCUT2D eigenvalue weighted by atomic mass is 32.1. The molecule has 0 atom stereocenters. The van der Waals surface area contributed by atoms with Gasteiger partial charge in [0.2, 0.25) is 0 Å². The first-order chi connectivity index (χ1) is 6.92. The molecule has 0 fully saturated rings. The monoisotopic (exact) mass is 207 g/mol. The summed E-state index contributed by atoms with van der Waals surface area (Å²) in [6.07, 6.45) is 3.71. The Morgan fingerprint density at radius 3 is 2.93 bits per heavy atom. The Morgan fingerprint density at radius 1 is 1.21 bits per heavy atom. The van der Waals surface area contributed by atoms with Gasteiger partial charge in [-0.15, -0.1) is 0 Å². The highest BCUT2D eigenvalue weighted by Crippen LogP contribution is 2.27. The van der Waals surface area contributed by atoms with Crippen LogP contribution in [-0.4, -0.2) is 18.8 Å². The van der Waals surface area contributed by atoms with Crippen LogP contribution in [0.4, 0.5) is 5.69 Å². The van der Waals surface area contributed by atoms with Crippen LogP contribution in [0.15, 0.2) is 24.3 Å². The molecule has 0 amide bonds. The Hall–Kier alpha value is -0.630. The summed E-state index contributed by atoms with van der Waals surface area (Å²) in [6, 6.07) is 8.75. The number of fused-ring (bicyclic) bond motifs is 1. The fraction of sp³-hybridized carbons (Fsp3) is 0.500. The van der Waals surface area contributed by atoms with Gasteiger partial charge < -0.3 is 4.90 Å². The lowest BCUT2D eigenvalue weighted by molar-refractivity contribution is 0.741. The number of thiol groups is 1. The van der Waals surface area contributed by atoms with Gasteiger partial charge in [0, 0.05) is 18.8 Å². The highest BCUT2D eigenvalue weighted by Gasteiger charge is 2.16. The summed E-state index contributed by atoms with van der Waals surface area (Å²) >= 11 is 4.23. The van der Waals surface area contributed by atoms with Gasteiger partial charge in [-0.1, -0.05) is 18.2 Å². The normalized spacial score (nSPS) is 14.5. The molecule has 1 heterocycles. The van der Waals surface area contributed by atoms with E-state index in [-0.39, 0.29) is 0 Å². The number of anilines is 1. The van der Waals surface area contributed by atoms with Crippen molar-refractivity contribution in [3.63, 3.8) is 0 Å². The van der Waals surface area contributed by atoms with Gasteiger partial charge in [0.05, 0.1) is 0 Å². The molecule has 0 aromatic heterocycles. The summed E-state index contributed by atoms with van der Waals surface area (Å²) in [5.41, 5.74) is 2.96. The topological polar surface area (TPSA) is 3.24 Å². The summed E-state index contributed by atoms with van der Waals surface area (Å²) < 4.78 is 0. The second-order valence-corrected chi connectivity index (χ2v) is 4.24. The van der Waals surface area contributed by atoms with Gasteiger partial charge in [-0.3, -0.25) is 0 Å². The molecule has 2 rings (SSSR count). The van der Waals surface area contributed by atoms with Crippen molar-refractivity contribution in [2.24, 2.45) is 0 Å². The number of nitrogens with zero attached hydrogens (tertiary/aromatic N) is 1. The molecule has 76 valence electrons. The average Bonchev–Trinajstić information content (AvgIpc) is 2.63. The zero-order chi connectivity index (χ0) is 9.80. The van der Waals surface area contributed by atoms with Crippen molar-refractivity contribution in [1.82, 2.24) is 0 Å². The van der Waals surface area contributed by atoms with Crippen molar-refractivity contribution in [3.05, 3.63) is 29.8 Å². The Labute approximate surface area is 91.5 Å². The molecule has 0 saturated carbocycles. The predicted octanol–water partition coefficient (Wildman–Crippen LogP) is 2.76. The summed E-state index contributed by atoms with van der Waals surface area (Å²) in [5.74, 6) is 1.01. The van der Waals surface area contributed by atoms with Crippen molar-refractivity contribution in [2.75, 3.05) is 23.7 Å². The van der Waals surface area contributed by atoms with Crippen molar-refractivity contribution >= 4 is 18.3 Å². The first-order valence-corrected chi connectivity index (χ1v) is 5.99. The van der Waals surface area contributed by atoms with Crippen LogP contribution in [0, 0.1) is 0 Å². The van der Waals surface area contributed by atoms with Crippen LogP contribution in [0.25, 0.3) is 0 Å². The molecule has 0 aliphatic carbocycles. The average molecular weight is 207 g/mol. The maximum absolute atomic E-state index is 4.23. The molecule has 14 heavy (non-hydrogen) atoms. The maximum Gasteiger partial charge on any atom is 0.0399 e. The summed E-state index contributed by atoms with van der Waals surface area (Å²) in [4.78, 5) is 2.50. The fourth-order valence-corrected chi connectivity index (χ4v) is 2.28. The van der Waals surface area contributed by atoms with E-state index in [2.05, 4.69) is 41.8 Å². The van der Waals surface area contributed by atoms with Gasteiger partial charge >= 0.3 is 0 Å². The van der Waals surface area contributed by atoms with Gasteiger partial charge in [0.25, 0.3) is 0 Å².